The van der Waals surface area contributed by atoms with Crippen molar-refractivity contribution in [2.75, 3.05) is 19.3 Å². The zero-order valence-corrected chi connectivity index (χ0v) is 11.3. The third kappa shape index (κ3) is 2.18. The number of fused-ring (bicyclic) bond motifs is 1. The van der Waals surface area contributed by atoms with Gasteiger partial charge >= 0.3 is 0 Å². The van der Waals surface area contributed by atoms with E-state index in [1.807, 2.05) is 18.2 Å². The fourth-order valence-corrected chi connectivity index (χ4v) is 3.74. The summed E-state index contributed by atoms with van der Waals surface area (Å²) in [6, 6.07) is 6.60. The first-order valence-corrected chi connectivity index (χ1v) is 8.06. The van der Waals surface area contributed by atoms with Gasteiger partial charge in [-0.3, -0.25) is 4.90 Å². The highest BCUT2D eigenvalue weighted by Crippen LogP contribution is 2.28. The Hall–Kier alpha value is -0.910. The average molecular weight is 267 g/mol. The van der Waals surface area contributed by atoms with Crippen LogP contribution in [0.25, 0.3) is 0 Å². The molecule has 2 heterocycles. The quantitative estimate of drug-likeness (QED) is 0.804. The SMILES string of the molecule is [2H]c1ccc2c(c1)CN(C1CCN(S(C)(=O)=O)C1)C2. The van der Waals surface area contributed by atoms with Gasteiger partial charge in [0.2, 0.25) is 10.0 Å². The van der Waals surface area contributed by atoms with Crippen LogP contribution in [0.4, 0.5) is 0 Å². The Morgan fingerprint density at radius 1 is 1.33 bits per heavy atom. The van der Waals surface area contributed by atoms with Gasteiger partial charge in [-0.05, 0) is 17.5 Å². The molecular formula is C13H18N2O2S. The highest BCUT2D eigenvalue weighted by atomic mass is 32.2. The van der Waals surface area contributed by atoms with Crippen LogP contribution in [0, 0.1) is 0 Å². The second-order valence-electron chi connectivity index (χ2n) is 5.16. The van der Waals surface area contributed by atoms with Crippen molar-refractivity contribution >= 4 is 10.0 Å². The van der Waals surface area contributed by atoms with E-state index in [-0.39, 0.29) is 0 Å². The summed E-state index contributed by atoms with van der Waals surface area (Å²) >= 11 is 0. The van der Waals surface area contributed by atoms with Gasteiger partial charge in [0.25, 0.3) is 0 Å². The minimum atomic E-state index is -3.06. The molecule has 18 heavy (non-hydrogen) atoms. The van der Waals surface area contributed by atoms with Crippen LogP contribution in [0.15, 0.2) is 24.2 Å². The van der Waals surface area contributed by atoms with Crippen molar-refractivity contribution in [2.45, 2.75) is 25.6 Å². The molecule has 0 amide bonds. The molecule has 4 nitrogen and oxygen atoms in total. The van der Waals surface area contributed by atoms with Crippen molar-refractivity contribution in [3.05, 3.63) is 35.4 Å². The Kier molecular flexibility index (Phi) is 2.64. The van der Waals surface area contributed by atoms with E-state index in [9.17, 15) is 8.42 Å². The molecular weight excluding hydrogens is 248 g/mol. The third-order valence-electron chi connectivity index (χ3n) is 3.91. The average Bonchev–Trinajstić information content (AvgIpc) is 2.92. The third-order valence-corrected chi connectivity index (χ3v) is 5.18. The maximum absolute atomic E-state index is 11.5. The molecule has 0 N–H and O–H groups in total. The van der Waals surface area contributed by atoms with Gasteiger partial charge in [0.15, 0.2) is 0 Å². The maximum atomic E-state index is 11.5. The molecule has 5 heteroatoms. The number of sulfonamides is 1. The summed E-state index contributed by atoms with van der Waals surface area (Å²) in [5, 5.41) is 0. The van der Waals surface area contributed by atoms with Crippen LogP contribution in [-0.4, -0.2) is 43.0 Å². The van der Waals surface area contributed by atoms with E-state index in [2.05, 4.69) is 4.90 Å². The lowest BCUT2D eigenvalue weighted by Crippen LogP contribution is -2.35. The Balaban J connectivity index is 1.71. The van der Waals surface area contributed by atoms with E-state index in [0.717, 1.165) is 19.5 Å². The van der Waals surface area contributed by atoms with Gasteiger partial charge in [-0.2, -0.15) is 0 Å². The van der Waals surface area contributed by atoms with Crippen molar-refractivity contribution in [3.8, 4) is 0 Å². The number of benzene rings is 1. The smallest absolute Gasteiger partial charge is 0.211 e. The second kappa shape index (κ2) is 4.33. The number of hydrogen-bond donors (Lipinski definition) is 0. The van der Waals surface area contributed by atoms with E-state index >= 15 is 0 Å². The first-order valence-electron chi connectivity index (χ1n) is 6.71. The minimum Gasteiger partial charge on any atom is -0.291 e. The number of hydrogen-bond acceptors (Lipinski definition) is 3. The first kappa shape index (κ1) is 11.0. The normalized spacial score (nSPS) is 26.3. The standard InChI is InChI=1S/C13H18N2O2S/c1-18(16,17)15-7-6-13(10-15)14-8-11-4-2-3-5-12(11)9-14/h2-5,13H,6-10H2,1H3/i2D. The fraction of sp³-hybridized carbons (Fsp3) is 0.538. The van der Waals surface area contributed by atoms with E-state index in [4.69, 9.17) is 1.37 Å². The van der Waals surface area contributed by atoms with Gasteiger partial charge < -0.3 is 0 Å². The molecule has 1 fully saturated rings. The second-order valence-corrected chi connectivity index (χ2v) is 7.15. The predicted molar refractivity (Wildman–Crippen MR) is 70.5 cm³/mol. The minimum absolute atomic E-state index is 0.302. The summed E-state index contributed by atoms with van der Waals surface area (Å²) in [5.74, 6) is 0. The van der Waals surface area contributed by atoms with Gasteiger partial charge in [0.05, 0.1) is 7.63 Å². The van der Waals surface area contributed by atoms with Crippen LogP contribution >= 0.6 is 0 Å². The largest absolute Gasteiger partial charge is 0.291 e. The molecule has 98 valence electrons. The lowest BCUT2D eigenvalue weighted by atomic mass is 10.1. The summed E-state index contributed by atoms with van der Waals surface area (Å²) in [6.07, 6.45) is 2.18. The molecule has 0 aliphatic carbocycles. The molecule has 1 atom stereocenters. The first-order chi connectivity index (χ1) is 8.93. The van der Waals surface area contributed by atoms with Gasteiger partial charge in [0.1, 0.15) is 0 Å². The molecule has 0 aromatic heterocycles. The molecule has 2 aliphatic heterocycles. The van der Waals surface area contributed by atoms with Crippen molar-refractivity contribution in [1.82, 2.24) is 9.21 Å². The van der Waals surface area contributed by atoms with Gasteiger partial charge in [-0.15, -0.1) is 0 Å². The van der Waals surface area contributed by atoms with Crippen LogP contribution in [0.1, 0.15) is 18.9 Å². The Bertz CT molecular complexity index is 603. The van der Waals surface area contributed by atoms with Gasteiger partial charge in [0, 0.05) is 32.2 Å². The molecule has 1 saturated heterocycles. The van der Waals surface area contributed by atoms with E-state index < -0.39 is 10.0 Å². The van der Waals surface area contributed by atoms with Gasteiger partial charge in [-0.25, -0.2) is 12.7 Å². The van der Waals surface area contributed by atoms with Crippen molar-refractivity contribution in [3.63, 3.8) is 0 Å². The van der Waals surface area contributed by atoms with E-state index in [0.29, 0.717) is 25.2 Å². The van der Waals surface area contributed by atoms with Crippen LogP contribution in [0.3, 0.4) is 0 Å². The molecule has 1 unspecified atom stereocenters. The highest BCUT2D eigenvalue weighted by Gasteiger charge is 2.34. The molecule has 1 aromatic rings. The fourth-order valence-electron chi connectivity index (χ4n) is 2.86. The highest BCUT2D eigenvalue weighted by molar-refractivity contribution is 7.88. The summed E-state index contributed by atoms with van der Waals surface area (Å²) in [6.45, 7) is 2.93. The monoisotopic (exact) mass is 267 g/mol. The summed E-state index contributed by atoms with van der Waals surface area (Å²) in [4.78, 5) is 2.33. The molecule has 0 saturated carbocycles. The van der Waals surface area contributed by atoms with Gasteiger partial charge in [-0.1, -0.05) is 24.2 Å². The molecule has 0 radical (unpaired) electrons. The molecule has 0 spiro atoms. The Morgan fingerprint density at radius 2 is 2.06 bits per heavy atom. The molecule has 0 bridgehead atoms. The predicted octanol–water partition coefficient (Wildman–Crippen LogP) is 1.04. The van der Waals surface area contributed by atoms with Crippen molar-refractivity contribution in [1.29, 1.82) is 0 Å². The van der Waals surface area contributed by atoms with Crippen LogP contribution < -0.4 is 0 Å². The maximum Gasteiger partial charge on any atom is 0.211 e. The summed E-state index contributed by atoms with van der Waals surface area (Å²) in [7, 11) is -3.06. The van der Waals surface area contributed by atoms with Crippen LogP contribution in [0.2, 0.25) is 0 Å². The van der Waals surface area contributed by atoms with Crippen molar-refractivity contribution < 1.29 is 9.79 Å². The number of nitrogens with zero attached hydrogens (tertiary/aromatic N) is 2. The summed E-state index contributed by atoms with van der Waals surface area (Å²) in [5.41, 5.74) is 2.49. The Labute approximate surface area is 110 Å². The van der Waals surface area contributed by atoms with Crippen molar-refractivity contribution in [2.24, 2.45) is 0 Å². The van der Waals surface area contributed by atoms with E-state index in [1.54, 1.807) is 4.31 Å². The lowest BCUT2D eigenvalue weighted by molar-refractivity contribution is 0.206. The molecule has 1 aromatic carbocycles. The zero-order valence-electron chi connectivity index (χ0n) is 11.5. The molecule has 3 rings (SSSR count). The van der Waals surface area contributed by atoms with Crippen LogP contribution in [-0.2, 0) is 23.1 Å². The lowest BCUT2D eigenvalue weighted by Gasteiger charge is -2.23. The topological polar surface area (TPSA) is 40.6 Å². The van der Waals surface area contributed by atoms with E-state index in [1.165, 1.54) is 17.4 Å². The van der Waals surface area contributed by atoms with Crippen LogP contribution in [0.5, 0.6) is 0 Å². The zero-order chi connectivity index (χ0) is 13.6. The molecule has 2 aliphatic rings. The Morgan fingerprint density at radius 3 is 2.72 bits per heavy atom. The summed E-state index contributed by atoms with van der Waals surface area (Å²) < 4.78 is 32.3. The number of rotatable bonds is 2.